The van der Waals surface area contributed by atoms with Crippen LogP contribution in [0.5, 0.6) is 5.75 Å². The molecule has 2 rings (SSSR count). The quantitative estimate of drug-likeness (QED) is 0.888. The van der Waals surface area contributed by atoms with Crippen molar-refractivity contribution in [2.45, 2.75) is 33.4 Å². The van der Waals surface area contributed by atoms with Crippen LogP contribution in [0.4, 0.5) is 11.5 Å². The van der Waals surface area contributed by atoms with Crippen LogP contribution in [0, 0.1) is 6.92 Å². The van der Waals surface area contributed by atoms with Gasteiger partial charge in [0.15, 0.2) is 5.82 Å². The minimum Gasteiger partial charge on any atom is -0.497 e. The molecule has 5 nitrogen and oxygen atoms in total. The number of methoxy groups -OCH3 is 1. The molecule has 0 saturated heterocycles. The number of ether oxygens (including phenoxy) is 1. The van der Waals surface area contributed by atoms with E-state index in [1.807, 2.05) is 36.9 Å². The lowest BCUT2D eigenvalue weighted by Gasteiger charge is -2.21. The molecule has 0 saturated carbocycles. The maximum Gasteiger partial charge on any atom is 0.150 e. The molecule has 114 valence electrons. The molecule has 0 aliphatic carbocycles. The predicted molar refractivity (Wildman–Crippen MR) is 86.8 cm³/mol. The lowest BCUT2D eigenvalue weighted by molar-refractivity contribution is 0.414. The SMILES string of the molecule is CCCn1nc(C)c(N)c1N(C)Cc1cccc(OC)c1. The Bertz CT molecular complexity index is 606. The summed E-state index contributed by atoms with van der Waals surface area (Å²) in [5.41, 5.74) is 9.02. The molecule has 2 aromatic rings. The number of benzene rings is 1. The number of aryl methyl sites for hydroxylation is 2. The van der Waals surface area contributed by atoms with E-state index in [9.17, 15) is 0 Å². The Kier molecular flexibility index (Phi) is 4.73. The van der Waals surface area contributed by atoms with Gasteiger partial charge >= 0.3 is 0 Å². The number of aromatic nitrogens is 2. The first-order chi connectivity index (χ1) is 10.1. The van der Waals surface area contributed by atoms with Crippen molar-refractivity contribution >= 4 is 11.5 Å². The molecular weight excluding hydrogens is 264 g/mol. The highest BCUT2D eigenvalue weighted by molar-refractivity contribution is 5.66. The molecule has 0 radical (unpaired) electrons. The Balaban J connectivity index is 2.25. The van der Waals surface area contributed by atoms with Gasteiger partial charge in [-0.1, -0.05) is 19.1 Å². The fourth-order valence-electron chi connectivity index (χ4n) is 2.47. The molecule has 0 bridgehead atoms. The molecule has 5 heteroatoms. The summed E-state index contributed by atoms with van der Waals surface area (Å²) in [5, 5.41) is 4.52. The Labute approximate surface area is 126 Å². The Morgan fingerprint density at radius 3 is 2.81 bits per heavy atom. The smallest absolute Gasteiger partial charge is 0.150 e. The molecule has 0 fully saturated rings. The van der Waals surface area contributed by atoms with E-state index in [0.29, 0.717) is 0 Å². The van der Waals surface area contributed by atoms with Gasteiger partial charge in [-0.25, -0.2) is 4.68 Å². The minimum atomic E-state index is 0.758. The topological polar surface area (TPSA) is 56.3 Å². The van der Waals surface area contributed by atoms with Gasteiger partial charge in [-0.15, -0.1) is 0 Å². The van der Waals surface area contributed by atoms with Gasteiger partial charge in [0, 0.05) is 20.1 Å². The molecular formula is C16H24N4O. The van der Waals surface area contributed by atoms with Crippen LogP contribution in [0.1, 0.15) is 24.6 Å². The van der Waals surface area contributed by atoms with E-state index in [1.165, 1.54) is 5.56 Å². The highest BCUT2D eigenvalue weighted by Crippen LogP contribution is 2.27. The van der Waals surface area contributed by atoms with Gasteiger partial charge in [-0.05, 0) is 31.0 Å². The van der Waals surface area contributed by atoms with Crippen LogP contribution in [0.15, 0.2) is 24.3 Å². The van der Waals surface area contributed by atoms with Gasteiger partial charge in [-0.2, -0.15) is 5.10 Å². The maximum atomic E-state index is 6.19. The summed E-state index contributed by atoms with van der Waals surface area (Å²) < 4.78 is 7.26. The molecule has 0 aliphatic rings. The zero-order valence-electron chi connectivity index (χ0n) is 13.3. The molecule has 21 heavy (non-hydrogen) atoms. The van der Waals surface area contributed by atoms with Gasteiger partial charge in [0.1, 0.15) is 5.75 Å². The van der Waals surface area contributed by atoms with Crippen LogP contribution in [-0.4, -0.2) is 23.9 Å². The highest BCUT2D eigenvalue weighted by Gasteiger charge is 2.16. The first kappa shape index (κ1) is 15.2. The Hall–Kier alpha value is -2.17. The average molecular weight is 288 g/mol. The number of nitrogens with zero attached hydrogens (tertiary/aromatic N) is 3. The van der Waals surface area contributed by atoms with Crippen molar-refractivity contribution in [3.05, 3.63) is 35.5 Å². The van der Waals surface area contributed by atoms with E-state index >= 15 is 0 Å². The summed E-state index contributed by atoms with van der Waals surface area (Å²) in [4.78, 5) is 2.14. The lowest BCUT2D eigenvalue weighted by Crippen LogP contribution is -2.21. The summed E-state index contributed by atoms with van der Waals surface area (Å²) in [5.74, 6) is 1.85. The van der Waals surface area contributed by atoms with Crippen molar-refractivity contribution < 1.29 is 4.74 Å². The van der Waals surface area contributed by atoms with Crippen LogP contribution in [0.2, 0.25) is 0 Å². The second kappa shape index (κ2) is 6.52. The molecule has 1 aromatic carbocycles. The largest absolute Gasteiger partial charge is 0.497 e. The van der Waals surface area contributed by atoms with Crippen molar-refractivity contribution in [1.29, 1.82) is 0 Å². The van der Waals surface area contributed by atoms with E-state index in [0.717, 1.165) is 42.5 Å². The number of nitrogen functional groups attached to an aromatic ring is 1. The second-order valence-corrected chi connectivity index (χ2v) is 5.25. The molecule has 0 atom stereocenters. The lowest BCUT2D eigenvalue weighted by atomic mass is 10.2. The third-order valence-corrected chi connectivity index (χ3v) is 3.50. The summed E-state index contributed by atoms with van der Waals surface area (Å²) in [7, 11) is 3.72. The summed E-state index contributed by atoms with van der Waals surface area (Å²) >= 11 is 0. The van der Waals surface area contributed by atoms with Crippen molar-refractivity contribution in [3.8, 4) is 5.75 Å². The van der Waals surface area contributed by atoms with E-state index in [4.69, 9.17) is 10.5 Å². The monoisotopic (exact) mass is 288 g/mol. The molecule has 0 aliphatic heterocycles. The molecule has 2 N–H and O–H groups in total. The number of anilines is 2. The summed E-state index contributed by atoms with van der Waals surface area (Å²) in [6, 6.07) is 8.08. The number of hydrogen-bond acceptors (Lipinski definition) is 4. The van der Waals surface area contributed by atoms with Gasteiger partial charge in [0.25, 0.3) is 0 Å². The number of nitrogens with two attached hydrogens (primary N) is 1. The Morgan fingerprint density at radius 2 is 2.14 bits per heavy atom. The first-order valence-electron chi connectivity index (χ1n) is 7.23. The zero-order chi connectivity index (χ0) is 15.4. The molecule has 0 spiro atoms. The van der Waals surface area contributed by atoms with Crippen molar-refractivity contribution in [1.82, 2.24) is 9.78 Å². The number of rotatable bonds is 6. The summed E-state index contributed by atoms with van der Waals surface area (Å²) in [6.45, 7) is 5.72. The summed E-state index contributed by atoms with van der Waals surface area (Å²) in [6.07, 6.45) is 1.03. The third kappa shape index (κ3) is 3.29. The van der Waals surface area contributed by atoms with Crippen LogP contribution in [0.25, 0.3) is 0 Å². The van der Waals surface area contributed by atoms with E-state index in [-0.39, 0.29) is 0 Å². The fourth-order valence-corrected chi connectivity index (χ4v) is 2.47. The van der Waals surface area contributed by atoms with Crippen molar-refractivity contribution in [2.24, 2.45) is 0 Å². The van der Waals surface area contributed by atoms with E-state index < -0.39 is 0 Å². The van der Waals surface area contributed by atoms with Gasteiger partial charge in [-0.3, -0.25) is 0 Å². The van der Waals surface area contributed by atoms with Gasteiger partial charge in [0.2, 0.25) is 0 Å². The Morgan fingerprint density at radius 1 is 1.38 bits per heavy atom. The molecule has 1 aromatic heterocycles. The van der Waals surface area contributed by atoms with Crippen LogP contribution >= 0.6 is 0 Å². The standard InChI is InChI=1S/C16H24N4O/c1-5-9-20-16(15(17)12(2)18-20)19(3)11-13-7-6-8-14(10-13)21-4/h6-8,10H,5,9,11,17H2,1-4H3. The van der Waals surface area contributed by atoms with Crippen LogP contribution in [0.3, 0.4) is 0 Å². The van der Waals surface area contributed by atoms with Crippen LogP contribution < -0.4 is 15.4 Å². The zero-order valence-corrected chi connectivity index (χ0v) is 13.3. The maximum absolute atomic E-state index is 6.19. The van der Waals surface area contributed by atoms with E-state index in [2.05, 4.69) is 23.0 Å². The average Bonchev–Trinajstić information content (AvgIpc) is 2.74. The van der Waals surface area contributed by atoms with Crippen LogP contribution in [-0.2, 0) is 13.1 Å². The molecule has 1 heterocycles. The molecule has 0 unspecified atom stereocenters. The fraction of sp³-hybridized carbons (Fsp3) is 0.438. The first-order valence-corrected chi connectivity index (χ1v) is 7.23. The van der Waals surface area contributed by atoms with Gasteiger partial charge < -0.3 is 15.4 Å². The van der Waals surface area contributed by atoms with E-state index in [1.54, 1.807) is 7.11 Å². The normalized spacial score (nSPS) is 10.7. The highest BCUT2D eigenvalue weighted by atomic mass is 16.5. The minimum absolute atomic E-state index is 0.758. The van der Waals surface area contributed by atoms with Crippen molar-refractivity contribution in [2.75, 3.05) is 24.8 Å². The predicted octanol–water partition coefficient (Wildman–Crippen LogP) is 2.83. The number of hydrogen-bond donors (Lipinski definition) is 1. The molecule has 0 amide bonds. The third-order valence-electron chi connectivity index (χ3n) is 3.50. The van der Waals surface area contributed by atoms with Gasteiger partial charge in [0.05, 0.1) is 18.5 Å². The van der Waals surface area contributed by atoms with Crippen molar-refractivity contribution in [3.63, 3.8) is 0 Å². The second-order valence-electron chi connectivity index (χ2n) is 5.25.